The summed E-state index contributed by atoms with van der Waals surface area (Å²) in [5, 5.41) is 40.0. The summed E-state index contributed by atoms with van der Waals surface area (Å²) in [4.78, 5) is 25.2. The summed E-state index contributed by atoms with van der Waals surface area (Å²) in [6, 6.07) is -0.331. The molecule has 0 aromatic carbocycles. The number of hydrogen-bond acceptors (Lipinski definition) is 8. The number of nitrogens with zero attached hydrogens (tertiary/aromatic N) is 5. The summed E-state index contributed by atoms with van der Waals surface area (Å²) in [6.45, 7) is 3.54. The number of fused-ring (bicyclic) bond motifs is 1. The van der Waals surface area contributed by atoms with Crippen LogP contribution in [-0.2, 0) is 16.1 Å². The predicted molar refractivity (Wildman–Crippen MR) is 85.3 cm³/mol. The standard InChI is InChI=1S/C14H19N5O5S/c1-6-8(5-25-14-15-16-17-18(14)3-4-20)11(13(23)24)19-10(6)9(7(2)21)12(19)22/h6-7,9-10,20-21H,3-5H2,1-2H3,(H,23,24)/t6-,7+,9+,10+/m0/s1. The molecular formula is C14H19N5O5S. The largest absolute Gasteiger partial charge is 0.477 e. The molecule has 1 aromatic heterocycles. The molecule has 10 nitrogen and oxygen atoms in total. The van der Waals surface area contributed by atoms with Crippen LogP contribution in [0.4, 0.5) is 0 Å². The molecule has 2 aliphatic heterocycles. The Hall–Kier alpha value is -1.98. The smallest absolute Gasteiger partial charge is 0.352 e. The predicted octanol–water partition coefficient (Wildman–Crippen LogP) is -1.05. The molecule has 3 N–H and O–H groups in total. The van der Waals surface area contributed by atoms with Crippen LogP contribution in [0, 0.1) is 11.8 Å². The molecule has 1 aromatic rings. The number of carboxylic acid groups (broad SMARTS) is 1. The minimum atomic E-state index is -1.16. The molecule has 11 heteroatoms. The van der Waals surface area contributed by atoms with Gasteiger partial charge in [0.15, 0.2) is 0 Å². The number of rotatable bonds is 7. The first kappa shape index (κ1) is 17.8. The third kappa shape index (κ3) is 2.81. The van der Waals surface area contributed by atoms with Crippen molar-refractivity contribution in [3.63, 3.8) is 0 Å². The normalized spacial score (nSPS) is 26.6. The molecular weight excluding hydrogens is 350 g/mol. The molecule has 3 heterocycles. The SMILES string of the molecule is C[C@@H](O)[C@H]1C(=O)N2C(C(=O)O)=C(CSc3nnnn3CCO)[C@H](C)[C@H]12. The molecule has 136 valence electrons. The molecule has 0 bridgehead atoms. The van der Waals surface area contributed by atoms with Gasteiger partial charge in [-0.15, -0.1) is 5.10 Å². The van der Waals surface area contributed by atoms with E-state index in [2.05, 4.69) is 15.5 Å². The van der Waals surface area contributed by atoms with Crippen LogP contribution in [0.5, 0.6) is 0 Å². The Bertz CT molecular complexity index is 733. The first-order valence-electron chi connectivity index (χ1n) is 7.85. The Balaban J connectivity index is 1.83. The van der Waals surface area contributed by atoms with E-state index in [4.69, 9.17) is 5.11 Å². The lowest BCUT2D eigenvalue weighted by Crippen LogP contribution is -2.63. The second-order valence-corrected chi connectivity index (χ2v) is 7.07. The minimum absolute atomic E-state index is 0.00640. The summed E-state index contributed by atoms with van der Waals surface area (Å²) in [7, 11) is 0. The number of tetrazole rings is 1. The van der Waals surface area contributed by atoms with Gasteiger partial charge >= 0.3 is 5.97 Å². The molecule has 1 fully saturated rings. The number of carbonyl (C=O) groups excluding carboxylic acids is 1. The molecule has 1 saturated heterocycles. The molecule has 0 aliphatic carbocycles. The van der Waals surface area contributed by atoms with Gasteiger partial charge in [-0.05, 0) is 22.9 Å². The molecule has 4 atom stereocenters. The van der Waals surface area contributed by atoms with Crippen LogP contribution in [0.3, 0.4) is 0 Å². The summed E-state index contributed by atoms with van der Waals surface area (Å²) < 4.78 is 1.43. The Morgan fingerprint density at radius 3 is 2.76 bits per heavy atom. The highest BCUT2D eigenvalue weighted by molar-refractivity contribution is 7.99. The lowest BCUT2D eigenvalue weighted by atomic mass is 9.78. The van der Waals surface area contributed by atoms with Crippen LogP contribution in [-0.4, -0.2) is 76.8 Å². The maximum Gasteiger partial charge on any atom is 0.352 e. The molecule has 0 radical (unpaired) electrons. The van der Waals surface area contributed by atoms with Gasteiger partial charge in [0.2, 0.25) is 11.1 Å². The molecule has 1 amide bonds. The van der Waals surface area contributed by atoms with Gasteiger partial charge in [0.1, 0.15) is 5.70 Å². The monoisotopic (exact) mass is 369 g/mol. The zero-order valence-electron chi connectivity index (χ0n) is 13.7. The quantitative estimate of drug-likeness (QED) is 0.405. The number of β-lactam (4-membered cyclic amide) rings is 1. The van der Waals surface area contributed by atoms with Gasteiger partial charge in [0.05, 0.1) is 31.2 Å². The Morgan fingerprint density at radius 1 is 1.44 bits per heavy atom. The molecule has 2 aliphatic rings. The summed E-state index contributed by atoms with van der Waals surface area (Å²) in [6.07, 6.45) is -0.824. The van der Waals surface area contributed by atoms with Gasteiger partial charge in [-0.2, -0.15) is 0 Å². The van der Waals surface area contributed by atoms with E-state index < -0.39 is 18.0 Å². The lowest BCUT2D eigenvalue weighted by Gasteiger charge is -2.46. The Labute approximate surface area is 147 Å². The van der Waals surface area contributed by atoms with Crippen molar-refractivity contribution in [1.29, 1.82) is 0 Å². The Kier molecular flexibility index (Phi) is 4.80. The summed E-state index contributed by atoms with van der Waals surface area (Å²) in [5.41, 5.74) is 0.616. The number of aromatic nitrogens is 4. The fourth-order valence-electron chi connectivity index (χ4n) is 3.51. The van der Waals surface area contributed by atoms with Crippen LogP contribution >= 0.6 is 11.8 Å². The minimum Gasteiger partial charge on any atom is -0.477 e. The second kappa shape index (κ2) is 6.73. The fraction of sp³-hybridized carbons (Fsp3) is 0.643. The van der Waals surface area contributed by atoms with Crippen LogP contribution in [0.15, 0.2) is 16.4 Å². The summed E-state index contributed by atoms with van der Waals surface area (Å²) in [5.74, 6) is -1.96. The molecule has 25 heavy (non-hydrogen) atoms. The van der Waals surface area contributed by atoms with Crippen molar-refractivity contribution < 1.29 is 24.9 Å². The van der Waals surface area contributed by atoms with Crippen molar-refractivity contribution in [1.82, 2.24) is 25.1 Å². The number of aliphatic carboxylic acids is 1. The van der Waals surface area contributed by atoms with Gasteiger partial charge in [-0.3, -0.25) is 4.79 Å². The third-order valence-corrected chi connectivity index (χ3v) is 5.69. The number of aliphatic hydroxyl groups excluding tert-OH is 2. The fourth-order valence-corrected chi connectivity index (χ4v) is 4.57. The number of aliphatic hydroxyl groups is 2. The first-order valence-corrected chi connectivity index (χ1v) is 8.84. The highest BCUT2D eigenvalue weighted by Gasteiger charge is 2.59. The molecule has 0 unspecified atom stereocenters. The first-order chi connectivity index (χ1) is 11.9. The highest BCUT2D eigenvalue weighted by Crippen LogP contribution is 2.48. The van der Waals surface area contributed by atoms with E-state index in [1.807, 2.05) is 6.92 Å². The van der Waals surface area contributed by atoms with E-state index >= 15 is 0 Å². The van der Waals surface area contributed by atoms with E-state index in [0.717, 1.165) is 0 Å². The van der Waals surface area contributed by atoms with E-state index in [0.29, 0.717) is 16.5 Å². The molecule has 0 spiro atoms. The third-order valence-electron chi connectivity index (χ3n) is 4.69. The molecule has 0 saturated carbocycles. The average Bonchev–Trinajstić information content (AvgIpc) is 3.06. The van der Waals surface area contributed by atoms with Crippen molar-refractivity contribution >= 4 is 23.6 Å². The zero-order valence-corrected chi connectivity index (χ0v) is 14.5. The lowest BCUT2D eigenvalue weighted by molar-refractivity contribution is -0.163. The highest BCUT2D eigenvalue weighted by atomic mass is 32.2. The van der Waals surface area contributed by atoms with Crippen LogP contribution in [0.2, 0.25) is 0 Å². The average molecular weight is 369 g/mol. The van der Waals surface area contributed by atoms with Crippen molar-refractivity contribution in [2.24, 2.45) is 11.8 Å². The zero-order chi connectivity index (χ0) is 18.3. The number of carbonyl (C=O) groups is 2. The van der Waals surface area contributed by atoms with Gasteiger partial charge in [-0.1, -0.05) is 18.7 Å². The number of thioether (sulfide) groups is 1. The van der Waals surface area contributed by atoms with Crippen molar-refractivity contribution in [2.45, 2.75) is 37.7 Å². The number of amides is 1. The Morgan fingerprint density at radius 2 is 2.16 bits per heavy atom. The van der Waals surface area contributed by atoms with E-state index in [-0.39, 0.29) is 36.7 Å². The van der Waals surface area contributed by atoms with Crippen molar-refractivity contribution in [2.75, 3.05) is 12.4 Å². The van der Waals surface area contributed by atoms with Crippen molar-refractivity contribution in [3.8, 4) is 0 Å². The number of hydrogen-bond donors (Lipinski definition) is 3. The van der Waals surface area contributed by atoms with E-state index in [9.17, 15) is 19.8 Å². The van der Waals surface area contributed by atoms with Gasteiger partial charge < -0.3 is 20.2 Å². The maximum atomic E-state index is 12.3. The second-order valence-electron chi connectivity index (χ2n) is 6.13. The van der Waals surface area contributed by atoms with Crippen LogP contribution < -0.4 is 0 Å². The number of carboxylic acids is 1. The maximum absolute atomic E-state index is 12.3. The van der Waals surface area contributed by atoms with Crippen LogP contribution in [0.1, 0.15) is 13.8 Å². The van der Waals surface area contributed by atoms with Gasteiger partial charge in [-0.25, -0.2) is 9.48 Å². The van der Waals surface area contributed by atoms with E-state index in [1.165, 1.54) is 21.3 Å². The van der Waals surface area contributed by atoms with Crippen molar-refractivity contribution in [3.05, 3.63) is 11.3 Å². The molecule has 3 rings (SSSR count). The van der Waals surface area contributed by atoms with E-state index in [1.54, 1.807) is 6.92 Å². The summed E-state index contributed by atoms with van der Waals surface area (Å²) >= 11 is 1.25. The van der Waals surface area contributed by atoms with Gasteiger partial charge in [0, 0.05) is 11.7 Å². The topological polar surface area (TPSA) is 142 Å². The van der Waals surface area contributed by atoms with Gasteiger partial charge in [0.25, 0.3) is 0 Å². The van der Waals surface area contributed by atoms with Crippen LogP contribution in [0.25, 0.3) is 0 Å².